The molecule has 0 aliphatic rings. The summed E-state index contributed by atoms with van der Waals surface area (Å²) in [7, 11) is -9.89. The third-order valence-electron chi connectivity index (χ3n) is 15.7. The number of carbonyl (C=O) groups is 4. The normalized spacial score (nSPS) is 14.2. The van der Waals surface area contributed by atoms with E-state index in [4.69, 9.17) is 37.0 Å². The Balaban J connectivity index is 5.19. The lowest BCUT2D eigenvalue weighted by Gasteiger charge is -2.21. The Hall–Kier alpha value is -1.94. The highest BCUT2D eigenvalue weighted by atomic mass is 31.2. The second-order valence-corrected chi connectivity index (χ2v) is 28.4. The van der Waals surface area contributed by atoms with Gasteiger partial charge in [0.25, 0.3) is 0 Å². The van der Waals surface area contributed by atoms with Crippen molar-refractivity contribution < 1.29 is 80.2 Å². The van der Waals surface area contributed by atoms with Crippen LogP contribution in [0.25, 0.3) is 0 Å². The van der Waals surface area contributed by atoms with Crippen LogP contribution in [0.5, 0.6) is 0 Å². The van der Waals surface area contributed by atoms with Crippen molar-refractivity contribution >= 4 is 39.5 Å². The fourth-order valence-corrected chi connectivity index (χ4v) is 11.8. The highest BCUT2D eigenvalue weighted by molar-refractivity contribution is 7.47. The number of hydrogen-bond donors (Lipinski definition) is 3. The van der Waals surface area contributed by atoms with Crippen LogP contribution in [0.1, 0.15) is 343 Å². The lowest BCUT2D eigenvalue weighted by Crippen LogP contribution is -2.30. The quantitative estimate of drug-likeness (QED) is 0.0222. The minimum atomic E-state index is -4.95. The summed E-state index contributed by atoms with van der Waals surface area (Å²) < 4.78 is 68.1. The fourth-order valence-electron chi connectivity index (χ4n) is 10.2. The van der Waals surface area contributed by atoms with Crippen LogP contribution in [0.15, 0.2) is 0 Å². The zero-order valence-electron chi connectivity index (χ0n) is 56.3. The monoisotopic (exact) mass is 1280 g/mol. The summed E-state index contributed by atoms with van der Waals surface area (Å²) in [6, 6.07) is 0. The van der Waals surface area contributed by atoms with Crippen molar-refractivity contribution in [1.82, 2.24) is 0 Å². The van der Waals surface area contributed by atoms with Crippen molar-refractivity contribution in [3.8, 4) is 0 Å². The molecule has 0 aromatic heterocycles. The molecule has 516 valence electrons. The first-order chi connectivity index (χ1) is 41.9. The van der Waals surface area contributed by atoms with Gasteiger partial charge in [-0.3, -0.25) is 37.3 Å². The molecule has 0 aliphatic carbocycles. The van der Waals surface area contributed by atoms with Gasteiger partial charge in [-0.05, 0) is 37.5 Å². The summed E-state index contributed by atoms with van der Waals surface area (Å²) in [5.74, 6) is -0.731. The maximum absolute atomic E-state index is 13.0. The molecule has 5 atom stereocenters. The lowest BCUT2D eigenvalue weighted by molar-refractivity contribution is -0.161. The van der Waals surface area contributed by atoms with E-state index in [1.165, 1.54) is 154 Å². The van der Waals surface area contributed by atoms with E-state index in [9.17, 15) is 43.2 Å². The third-order valence-corrected chi connectivity index (χ3v) is 17.6. The van der Waals surface area contributed by atoms with Crippen LogP contribution in [-0.4, -0.2) is 96.7 Å². The smallest absolute Gasteiger partial charge is 0.462 e. The molecule has 0 amide bonds. The summed E-state index contributed by atoms with van der Waals surface area (Å²) in [5.41, 5.74) is 0. The van der Waals surface area contributed by atoms with Gasteiger partial charge in [-0.2, -0.15) is 0 Å². The molecule has 87 heavy (non-hydrogen) atoms. The van der Waals surface area contributed by atoms with Gasteiger partial charge in [0.15, 0.2) is 12.2 Å². The van der Waals surface area contributed by atoms with Crippen LogP contribution in [-0.2, 0) is 65.4 Å². The number of unbranched alkanes of at least 4 members (excludes halogenated alkanes) is 37. The number of ether oxygens (including phenoxy) is 4. The van der Waals surface area contributed by atoms with Gasteiger partial charge in [0.1, 0.15) is 19.3 Å². The average Bonchev–Trinajstić information content (AvgIpc) is 3.67. The van der Waals surface area contributed by atoms with Gasteiger partial charge in [0.05, 0.1) is 26.4 Å². The second-order valence-electron chi connectivity index (χ2n) is 25.5. The number of rotatable bonds is 67. The van der Waals surface area contributed by atoms with Crippen LogP contribution in [0.2, 0.25) is 0 Å². The van der Waals surface area contributed by atoms with Crippen LogP contribution in [0.4, 0.5) is 0 Å². The molecule has 17 nitrogen and oxygen atoms in total. The molecule has 0 aromatic rings. The molecular formula is C68H132O17P2. The molecular weight excluding hydrogens is 1150 g/mol. The molecule has 0 heterocycles. The molecule has 0 saturated carbocycles. The zero-order valence-corrected chi connectivity index (χ0v) is 58.1. The minimum Gasteiger partial charge on any atom is -0.462 e. The first-order valence-electron chi connectivity index (χ1n) is 35.5. The topological polar surface area (TPSA) is 237 Å². The van der Waals surface area contributed by atoms with Crippen LogP contribution in [0, 0.1) is 11.8 Å². The van der Waals surface area contributed by atoms with E-state index in [1.807, 2.05) is 0 Å². The molecule has 0 aromatic carbocycles. The van der Waals surface area contributed by atoms with Gasteiger partial charge in [0.2, 0.25) is 0 Å². The van der Waals surface area contributed by atoms with E-state index in [2.05, 4.69) is 41.5 Å². The van der Waals surface area contributed by atoms with Crippen molar-refractivity contribution in [3.05, 3.63) is 0 Å². The maximum Gasteiger partial charge on any atom is 0.472 e. The Morgan fingerprint density at radius 2 is 0.529 bits per heavy atom. The SMILES string of the molecule is CCCCCCCCCCCCCCCCCCCCC(=O)O[C@H](COC(=O)CCCCCCCCCC(C)C)COP(=O)(O)OC[C@@H](O)COP(=O)(O)OC[C@@H](COC(=O)CCCCCCCCCCC)OC(=O)CCCCCCCCCC(C)C. The number of esters is 4. The Bertz CT molecular complexity index is 1700. The number of aliphatic hydroxyl groups excluding tert-OH is 1. The molecule has 2 unspecified atom stereocenters. The molecule has 0 bridgehead atoms. The Morgan fingerprint density at radius 1 is 0.310 bits per heavy atom. The molecule has 0 saturated heterocycles. The molecule has 3 N–H and O–H groups in total. The zero-order chi connectivity index (χ0) is 64.3. The molecule has 0 fully saturated rings. The van der Waals surface area contributed by atoms with Crippen molar-refractivity contribution in [2.45, 2.75) is 362 Å². The molecule has 0 aliphatic heterocycles. The number of phosphoric acid groups is 2. The van der Waals surface area contributed by atoms with E-state index in [0.717, 1.165) is 96.3 Å². The van der Waals surface area contributed by atoms with Crippen LogP contribution in [0.3, 0.4) is 0 Å². The van der Waals surface area contributed by atoms with Gasteiger partial charge >= 0.3 is 39.5 Å². The van der Waals surface area contributed by atoms with Gasteiger partial charge < -0.3 is 33.8 Å². The second kappa shape index (κ2) is 60.3. The van der Waals surface area contributed by atoms with E-state index in [-0.39, 0.29) is 25.7 Å². The fraction of sp³-hybridized carbons (Fsp3) is 0.941. The van der Waals surface area contributed by atoms with Crippen molar-refractivity contribution in [2.75, 3.05) is 39.6 Å². The molecule has 19 heteroatoms. The first-order valence-corrected chi connectivity index (χ1v) is 38.5. The Morgan fingerprint density at radius 3 is 0.782 bits per heavy atom. The number of carbonyl (C=O) groups excluding carboxylic acids is 4. The highest BCUT2D eigenvalue weighted by Crippen LogP contribution is 2.45. The molecule has 0 rings (SSSR count). The molecule has 0 radical (unpaired) electrons. The van der Waals surface area contributed by atoms with Crippen molar-refractivity contribution in [2.24, 2.45) is 11.8 Å². The summed E-state index contributed by atoms with van der Waals surface area (Å²) in [6.45, 7) is 9.40. The standard InChI is InChI=1S/C68H132O17P2/c1-7-9-11-13-15-17-18-19-20-21-22-23-24-25-27-33-40-46-52-67(72)84-63(57-79-66(71)51-45-39-34-28-30-36-42-48-60(3)4)58-82-86(74,75)80-54-62(69)55-81-87(76,77)83-59-64(56-78-65(70)50-44-38-32-26-16-14-12-10-8-2)85-68(73)53-47-41-35-29-31-37-43-49-61(5)6/h60-64,69H,7-59H2,1-6H3,(H,74,75)(H,76,77)/t62-,63-,64-/m1/s1. The Kier molecular flexibility index (Phi) is 59.0. The van der Waals surface area contributed by atoms with E-state index in [1.54, 1.807) is 0 Å². The van der Waals surface area contributed by atoms with Gasteiger partial charge in [0, 0.05) is 25.7 Å². The largest absolute Gasteiger partial charge is 0.472 e. The maximum atomic E-state index is 13.0. The summed E-state index contributed by atoms with van der Waals surface area (Å²) in [5, 5.41) is 10.6. The van der Waals surface area contributed by atoms with Gasteiger partial charge in [-0.1, -0.05) is 292 Å². The number of hydrogen-bond acceptors (Lipinski definition) is 15. The van der Waals surface area contributed by atoms with Crippen molar-refractivity contribution in [3.63, 3.8) is 0 Å². The molecule has 0 spiro atoms. The van der Waals surface area contributed by atoms with Crippen LogP contribution < -0.4 is 0 Å². The first kappa shape index (κ1) is 85.1. The van der Waals surface area contributed by atoms with Crippen molar-refractivity contribution in [1.29, 1.82) is 0 Å². The Labute approximate surface area is 530 Å². The van der Waals surface area contributed by atoms with Gasteiger partial charge in [-0.25, -0.2) is 9.13 Å². The number of aliphatic hydroxyl groups is 1. The third kappa shape index (κ3) is 62.6. The highest BCUT2D eigenvalue weighted by Gasteiger charge is 2.30. The van der Waals surface area contributed by atoms with Gasteiger partial charge in [-0.15, -0.1) is 0 Å². The van der Waals surface area contributed by atoms with E-state index < -0.39 is 97.5 Å². The number of phosphoric ester groups is 2. The average molecular weight is 1280 g/mol. The lowest BCUT2D eigenvalue weighted by atomic mass is 10.0. The van der Waals surface area contributed by atoms with E-state index >= 15 is 0 Å². The predicted molar refractivity (Wildman–Crippen MR) is 349 cm³/mol. The van der Waals surface area contributed by atoms with E-state index in [0.29, 0.717) is 37.5 Å². The summed E-state index contributed by atoms with van der Waals surface area (Å²) in [4.78, 5) is 72.3. The predicted octanol–water partition coefficient (Wildman–Crippen LogP) is 19.2. The summed E-state index contributed by atoms with van der Waals surface area (Å²) >= 11 is 0. The summed E-state index contributed by atoms with van der Waals surface area (Å²) in [6.07, 6.45) is 44.7. The minimum absolute atomic E-state index is 0.103. The van der Waals surface area contributed by atoms with Crippen LogP contribution >= 0.6 is 15.6 Å².